The monoisotopic (exact) mass is 99.1 g/mol. The second-order valence-corrected chi connectivity index (χ2v) is 1.61. The molecule has 1 saturated heterocycles. The number of nitrogens with two attached hydrogens (primary N) is 1. The van der Waals surface area contributed by atoms with E-state index in [1.54, 1.807) is 0 Å². The summed E-state index contributed by atoms with van der Waals surface area (Å²) in [6, 6.07) is -0.153. The molecule has 7 heavy (non-hydrogen) atoms. The Hall–Kier alpha value is -0.570. The van der Waals surface area contributed by atoms with Crippen LogP contribution in [0.4, 0.5) is 0 Å². The van der Waals surface area contributed by atoms with Crippen LogP contribution in [0, 0.1) is 0 Å². The van der Waals surface area contributed by atoms with E-state index >= 15 is 0 Å². The van der Waals surface area contributed by atoms with Gasteiger partial charge in [-0.3, -0.25) is 4.79 Å². The number of carbonyl (C=O) groups is 1. The van der Waals surface area contributed by atoms with Crippen LogP contribution in [0.15, 0.2) is 0 Å². The highest BCUT2D eigenvalue weighted by Crippen LogP contribution is 2.01. The van der Waals surface area contributed by atoms with Crippen molar-refractivity contribution < 1.29 is 4.79 Å². The van der Waals surface area contributed by atoms with Gasteiger partial charge in [0.2, 0.25) is 5.91 Å². The van der Waals surface area contributed by atoms with Gasteiger partial charge in [-0.15, -0.1) is 0 Å². The van der Waals surface area contributed by atoms with E-state index < -0.39 is 0 Å². The summed E-state index contributed by atoms with van der Waals surface area (Å²) in [6.07, 6.45) is 0.856. The summed E-state index contributed by atoms with van der Waals surface area (Å²) in [5.41, 5.74) is 4.87. The molecule has 0 aromatic heterocycles. The first-order valence-electron chi connectivity index (χ1n) is 2.26. The molecule has 0 aromatic rings. The second-order valence-electron chi connectivity index (χ2n) is 1.61. The van der Waals surface area contributed by atoms with Crippen molar-refractivity contribution in [1.82, 2.24) is 5.32 Å². The van der Waals surface area contributed by atoms with Gasteiger partial charge in [0.1, 0.15) is 6.04 Å². The summed E-state index contributed by atoms with van der Waals surface area (Å²) in [5, 5.41) is 3.79. The smallest absolute Gasteiger partial charge is 0.236 e. The third-order valence-electron chi connectivity index (χ3n) is 1.08. The fraction of sp³-hybridized carbons (Fsp3) is 0.750. The normalized spacial score (nSPS) is 28.9. The minimum atomic E-state index is -0.286. The average molecular weight is 99.1 g/mol. The van der Waals surface area contributed by atoms with E-state index in [4.69, 9.17) is 5.73 Å². The van der Waals surface area contributed by atoms with Crippen molar-refractivity contribution in [2.75, 3.05) is 6.54 Å². The molecule has 1 fully saturated rings. The van der Waals surface area contributed by atoms with E-state index in [0.717, 1.165) is 13.0 Å². The zero-order chi connectivity index (χ0) is 5.28. The zero-order valence-electron chi connectivity index (χ0n) is 3.92. The molecular weight excluding hydrogens is 92.1 g/mol. The molecule has 1 heterocycles. The number of hydrogen-bond acceptors (Lipinski definition) is 1. The van der Waals surface area contributed by atoms with Gasteiger partial charge >= 0.3 is 0 Å². The van der Waals surface area contributed by atoms with E-state index in [9.17, 15) is 4.79 Å². The Bertz CT molecular complexity index is 87.7. The van der Waals surface area contributed by atoms with E-state index in [2.05, 4.69) is 5.32 Å². The fourth-order valence-corrected chi connectivity index (χ4v) is 0.490. The summed E-state index contributed by atoms with van der Waals surface area (Å²) in [6.45, 7) is 0.813. The van der Waals surface area contributed by atoms with Gasteiger partial charge in [-0.25, -0.2) is 5.32 Å². The van der Waals surface area contributed by atoms with Crippen LogP contribution in [0.3, 0.4) is 0 Å². The minimum Gasteiger partial charge on any atom is -0.368 e. The quantitative estimate of drug-likeness (QED) is 0.443. The lowest BCUT2D eigenvalue weighted by molar-refractivity contribution is -0.121. The van der Waals surface area contributed by atoms with Gasteiger partial charge in [-0.05, 0) is 6.42 Å². The third kappa shape index (κ3) is 0.718. The van der Waals surface area contributed by atoms with Gasteiger partial charge < -0.3 is 5.73 Å². The Kier molecular flexibility index (Phi) is 0.982. The van der Waals surface area contributed by atoms with Crippen molar-refractivity contribution in [1.29, 1.82) is 0 Å². The average Bonchev–Trinajstić information content (AvgIpc) is 1.23. The highest BCUT2D eigenvalue weighted by atomic mass is 16.1. The third-order valence-corrected chi connectivity index (χ3v) is 1.08. The number of amides is 1. The van der Waals surface area contributed by atoms with Crippen molar-refractivity contribution in [3.63, 3.8) is 0 Å². The second kappa shape index (κ2) is 1.50. The summed E-state index contributed by atoms with van der Waals surface area (Å²) in [5.74, 6) is -0.286. The van der Waals surface area contributed by atoms with Gasteiger partial charge in [0, 0.05) is 6.54 Å². The van der Waals surface area contributed by atoms with Crippen LogP contribution in [0.2, 0.25) is 0 Å². The summed E-state index contributed by atoms with van der Waals surface area (Å²) >= 11 is 0. The Balaban J connectivity index is 2.27. The number of rotatable bonds is 1. The fourth-order valence-electron chi connectivity index (χ4n) is 0.490. The minimum absolute atomic E-state index is 0.153. The van der Waals surface area contributed by atoms with E-state index in [1.165, 1.54) is 0 Å². The maximum Gasteiger partial charge on any atom is 0.236 e. The molecule has 0 aromatic carbocycles. The van der Waals surface area contributed by atoms with E-state index in [-0.39, 0.29) is 11.9 Å². The molecular formula is C4H7N2O. The lowest BCUT2D eigenvalue weighted by Gasteiger charge is -2.20. The van der Waals surface area contributed by atoms with Crippen molar-refractivity contribution >= 4 is 5.91 Å². The molecule has 1 amide bonds. The number of nitrogens with zero attached hydrogens (tertiary/aromatic N) is 1. The maximum atomic E-state index is 10.1. The molecule has 1 aliphatic rings. The molecule has 0 bridgehead atoms. The van der Waals surface area contributed by atoms with E-state index in [1.807, 2.05) is 0 Å². The SMILES string of the molecule is NC(=O)C1CC[N]1. The first-order chi connectivity index (χ1) is 3.30. The highest BCUT2D eigenvalue weighted by molar-refractivity contribution is 5.80. The molecule has 39 valence electrons. The lowest BCUT2D eigenvalue weighted by atomic mass is 10.1. The standard InChI is InChI=1S/C4H7N2O/c5-4(7)3-1-2-6-3/h3H,1-2H2,(H2,5,7). The summed E-state index contributed by atoms with van der Waals surface area (Å²) < 4.78 is 0. The number of carbonyl (C=O) groups excluding carboxylic acids is 1. The zero-order valence-corrected chi connectivity index (χ0v) is 3.92. The predicted molar refractivity (Wildman–Crippen MR) is 24.6 cm³/mol. The Morgan fingerprint density at radius 3 is 2.43 bits per heavy atom. The topological polar surface area (TPSA) is 57.2 Å². The number of hydrogen-bond donors (Lipinski definition) is 1. The summed E-state index contributed by atoms with van der Waals surface area (Å²) in [4.78, 5) is 10.1. The summed E-state index contributed by atoms with van der Waals surface area (Å²) in [7, 11) is 0. The van der Waals surface area contributed by atoms with Gasteiger partial charge in [0.05, 0.1) is 0 Å². The van der Waals surface area contributed by atoms with Crippen LogP contribution in [0.1, 0.15) is 6.42 Å². The molecule has 1 atom stereocenters. The molecule has 1 unspecified atom stereocenters. The van der Waals surface area contributed by atoms with Crippen LogP contribution in [-0.4, -0.2) is 18.5 Å². The molecule has 2 N–H and O–H groups in total. The predicted octanol–water partition coefficient (Wildman–Crippen LogP) is -1.15. The van der Waals surface area contributed by atoms with E-state index in [0.29, 0.717) is 0 Å². The molecule has 0 aliphatic carbocycles. The van der Waals surface area contributed by atoms with Gasteiger partial charge in [0.15, 0.2) is 0 Å². The molecule has 3 nitrogen and oxygen atoms in total. The van der Waals surface area contributed by atoms with Gasteiger partial charge in [0.25, 0.3) is 0 Å². The van der Waals surface area contributed by atoms with Crippen molar-refractivity contribution in [2.24, 2.45) is 5.73 Å². The van der Waals surface area contributed by atoms with Crippen molar-refractivity contribution in [3.05, 3.63) is 0 Å². The Morgan fingerprint density at radius 1 is 1.86 bits per heavy atom. The molecule has 1 aliphatic heterocycles. The van der Waals surface area contributed by atoms with Gasteiger partial charge in [-0.2, -0.15) is 0 Å². The molecule has 3 heteroatoms. The van der Waals surface area contributed by atoms with Crippen LogP contribution in [-0.2, 0) is 4.79 Å². The molecule has 0 spiro atoms. The maximum absolute atomic E-state index is 10.1. The lowest BCUT2D eigenvalue weighted by Crippen LogP contribution is -2.46. The number of primary amides is 1. The van der Waals surface area contributed by atoms with Crippen LogP contribution < -0.4 is 11.1 Å². The van der Waals surface area contributed by atoms with Crippen LogP contribution >= 0.6 is 0 Å². The molecule has 1 radical (unpaired) electrons. The first kappa shape index (κ1) is 4.59. The van der Waals surface area contributed by atoms with Gasteiger partial charge in [-0.1, -0.05) is 0 Å². The van der Waals surface area contributed by atoms with Crippen molar-refractivity contribution in [2.45, 2.75) is 12.5 Å². The van der Waals surface area contributed by atoms with Crippen molar-refractivity contribution in [3.8, 4) is 0 Å². The van der Waals surface area contributed by atoms with Crippen LogP contribution in [0.25, 0.3) is 0 Å². The van der Waals surface area contributed by atoms with Crippen LogP contribution in [0.5, 0.6) is 0 Å². The Labute approximate surface area is 41.9 Å². The molecule has 1 rings (SSSR count). The highest BCUT2D eigenvalue weighted by Gasteiger charge is 2.22. The Morgan fingerprint density at radius 2 is 2.43 bits per heavy atom. The largest absolute Gasteiger partial charge is 0.368 e. The molecule has 0 saturated carbocycles. The first-order valence-corrected chi connectivity index (χ1v) is 2.26.